The van der Waals surface area contributed by atoms with Gasteiger partial charge in [-0.1, -0.05) is 0 Å². The molecule has 0 spiro atoms. The minimum Gasteiger partial charge on any atom is -0.375 e. The van der Waals surface area contributed by atoms with Gasteiger partial charge in [-0.25, -0.2) is 0 Å². The van der Waals surface area contributed by atoms with E-state index in [9.17, 15) is 17.6 Å². The Morgan fingerprint density at radius 3 is 2.16 bits per heavy atom. The topological polar surface area (TPSA) is 24.9 Å². The van der Waals surface area contributed by atoms with Gasteiger partial charge < -0.3 is 5.32 Å². The summed E-state index contributed by atoms with van der Waals surface area (Å²) in [5.41, 5.74) is 0.212. The number of halogens is 4. The third-order valence-electron chi connectivity index (χ3n) is 2.65. The predicted molar refractivity (Wildman–Crippen MR) is 65.2 cm³/mol. The Labute approximate surface area is 111 Å². The molecule has 0 amide bonds. The molecule has 0 fully saturated rings. The summed E-state index contributed by atoms with van der Waals surface area (Å²) in [4.78, 5) is 4.37. The molecule has 0 aromatic carbocycles. The van der Waals surface area contributed by atoms with Gasteiger partial charge in [0.05, 0.1) is 0 Å². The van der Waals surface area contributed by atoms with Gasteiger partial charge >= 0.3 is 0 Å². The second-order valence-electron chi connectivity index (χ2n) is 4.00. The van der Waals surface area contributed by atoms with Gasteiger partial charge in [0.15, 0.2) is 0 Å². The highest BCUT2D eigenvalue weighted by atomic mass is 32.1. The van der Waals surface area contributed by atoms with Crippen molar-refractivity contribution in [3.05, 3.63) is 44.9 Å². The van der Waals surface area contributed by atoms with Crippen molar-refractivity contribution in [1.29, 1.82) is 0 Å². The number of aryl methyl sites for hydroxylation is 2. The van der Waals surface area contributed by atoms with Crippen LogP contribution in [0.1, 0.15) is 15.3 Å². The molecular formula is C12H10F4N2S. The van der Waals surface area contributed by atoms with E-state index in [1.54, 1.807) is 0 Å². The van der Waals surface area contributed by atoms with Crippen LogP contribution in [0.5, 0.6) is 0 Å². The first-order valence-electron chi connectivity index (χ1n) is 5.40. The normalized spacial score (nSPS) is 10.8. The number of nitrogens with one attached hydrogen (secondary N) is 1. The number of hydrogen-bond acceptors (Lipinski definition) is 3. The van der Waals surface area contributed by atoms with Crippen LogP contribution in [0, 0.1) is 37.4 Å². The van der Waals surface area contributed by atoms with E-state index in [-0.39, 0.29) is 6.54 Å². The molecule has 0 unspecified atom stereocenters. The minimum atomic E-state index is -1.67. The fourth-order valence-corrected chi connectivity index (χ4v) is 2.55. The average molecular weight is 290 g/mol. The average Bonchev–Trinajstić information content (AvgIpc) is 2.66. The summed E-state index contributed by atoms with van der Waals surface area (Å²) in [5.74, 6) is -6.38. The molecular weight excluding hydrogens is 280 g/mol. The van der Waals surface area contributed by atoms with Crippen LogP contribution >= 0.6 is 11.3 Å². The molecule has 0 radical (unpaired) electrons. The van der Waals surface area contributed by atoms with E-state index in [0.29, 0.717) is 0 Å². The van der Waals surface area contributed by atoms with E-state index in [1.165, 1.54) is 11.3 Å². The third kappa shape index (κ3) is 2.70. The largest absolute Gasteiger partial charge is 0.375 e. The predicted octanol–water partition coefficient (Wildman–Crippen LogP) is 3.93. The monoisotopic (exact) mass is 290 g/mol. The van der Waals surface area contributed by atoms with Gasteiger partial charge in [0.2, 0.25) is 11.6 Å². The molecule has 0 saturated heterocycles. The summed E-state index contributed by atoms with van der Waals surface area (Å²) in [5, 5.41) is 2.36. The van der Waals surface area contributed by atoms with Crippen molar-refractivity contribution < 1.29 is 17.6 Å². The Hall–Kier alpha value is -1.63. The van der Waals surface area contributed by atoms with E-state index in [0.717, 1.165) is 15.3 Å². The SMILES string of the molecule is Cc1cc(CNc2c(F)c(F)nc(F)c2F)sc1C. The fourth-order valence-electron chi connectivity index (χ4n) is 1.55. The second kappa shape index (κ2) is 5.16. The lowest BCUT2D eigenvalue weighted by Gasteiger charge is -2.08. The maximum atomic E-state index is 13.3. The lowest BCUT2D eigenvalue weighted by atomic mass is 10.3. The van der Waals surface area contributed by atoms with Crippen LogP contribution in [0.25, 0.3) is 0 Å². The quantitative estimate of drug-likeness (QED) is 0.684. The van der Waals surface area contributed by atoms with Crippen molar-refractivity contribution in [3.8, 4) is 0 Å². The van der Waals surface area contributed by atoms with Crippen LogP contribution in [0.2, 0.25) is 0 Å². The molecule has 1 N–H and O–H groups in total. The Kier molecular flexibility index (Phi) is 3.75. The second-order valence-corrected chi connectivity index (χ2v) is 5.34. The van der Waals surface area contributed by atoms with Crippen LogP contribution in [-0.4, -0.2) is 4.98 Å². The van der Waals surface area contributed by atoms with Crippen molar-refractivity contribution in [2.45, 2.75) is 20.4 Å². The van der Waals surface area contributed by atoms with Crippen molar-refractivity contribution in [2.75, 3.05) is 5.32 Å². The first-order valence-corrected chi connectivity index (χ1v) is 6.21. The van der Waals surface area contributed by atoms with Gasteiger partial charge in [0, 0.05) is 16.3 Å². The Bertz CT molecular complexity index is 579. The molecule has 2 aromatic heterocycles. The Morgan fingerprint density at radius 1 is 1.11 bits per heavy atom. The molecule has 0 saturated carbocycles. The Balaban J connectivity index is 2.24. The van der Waals surface area contributed by atoms with E-state index < -0.39 is 29.2 Å². The standard InChI is InChI=1S/C12H10F4N2S/c1-5-3-7(19-6(5)2)4-17-10-8(13)11(15)18-12(16)9(10)14/h3H,4H2,1-2H3,(H,17,18). The van der Waals surface area contributed by atoms with E-state index >= 15 is 0 Å². The summed E-state index contributed by atoms with van der Waals surface area (Å²) in [6.07, 6.45) is 0. The summed E-state index contributed by atoms with van der Waals surface area (Å²) in [6.45, 7) is 3.90. The van der Waals surface area contributed by atoms with Crippen LogP contribution in [0.3, 0.4) is 0 Å². The number of aromatic nitrogens is 1. The molecule has 2 rings (SSSR count). The maximum Gasteiger partial charge on any atom is 0.253 e. The summed E-state index contributed by atoms with van der Waals surface area (Å²) < 4.78 is 52.4. The van der Waals surface area contributed by atoms with Crippen molar-refractivity contribution in [3.63, 3.8) is 0 Å². The fraction of sp³-hybridized carbons (Fsp3) is 0.250. The van der Waals surface area contributed by atoms with Crippen molar-refractivity contribution in [1.82, 2.24) is 4.98 Å². The minimum absolute atomic E-state index is 0.0794. The number of hydrogen-bond donors (Lipinski definition) is 1. The van der Waals surface area contributed by atoms with E-state index in [4.69, 9.17) is 0 Å². The van der Waals surface area contributed by atoms with Gasteiger partial charge in [-0.3, -0.25) is 0 Å². The zero-order valence-corrected chi connectivity index (χ0v) is 11.0. The van der Waals surface area contributed by atoms with Crippen LogP contribution in [0.15, 0.2) is 6.07 Å². The number of pyridine rings is 1. The highest BCUT2D eigenvalue weighted by Crippen LogP contribution is 2.25. The van der Waals surface area contributed by atoms with E-state index in [2.05, 4.69) is 10.3 Å². The smallest absolute Gasteiger partial charge is 0.253 e. The molecule has 0 atom stereocenters. The molecule has 7 heteroatoms. The first-order chi connectivity index (χ1) is 8.90. The third-order valence-corrected chi connectivity index (χ3v) is 3.81. The van der Waals surface area contributed by atoms with Gasteiger partial charge in [-0.05, 0) is 25.5 Å². The van der Waals surface area contributed by atoms with E-state index in [1.807, 2.05) is 19.9 Å². The van der Waals surface area contributed by atoms with Gasteiger partial charge in [-0.15, -0.1) is 11.3 Å². The van der Waals surface area contributed by atoms with Crippen LogP contribution < -0.4 is 5.32 Å². The molecule has 0 bridgehead atoms. The van der Waals surface area contributed by atoms with Gasteiger partial charge in [0.1, 0.15) is 5.69 Å². The first kappa shape index (κ1) is 13.8. The molecule has 102 valence electrons. The summed E-state index contributed by atoms with van der Waals surface area (Å²) >= 11 is 1.44. The highest BCUT2D eigenvalue weighted by Gasteiger charge is 2.20. The molecule has 0 aliphatic rings. The maximum absolute atomic E-state index is 13.3. The molecule has 2 heterocycles. The van der Waals surface area contributed by atoms with Crippen molar-refractivity contribution in [2.24, 2.45) is 0 Å². The Morgan fingerprint density at radius 2 is 1.68 bits per heavy atom. The number of rotatable bonds is 3. The molecule has 0 aliphatic heterocycles. The van der Waals surface area contributed by atoms with Crippen molar-refractivity contribution >= 4 is 17.0 Å². The highest BCUT2D eigenvalue weighted by molar-refractivity contribution is 7.12. The van der Waals surface area contributed by atoms with Crippen LogP contribution in [-0.2, 0) is 6.54 Å². The number of anilines is 1. The lowest BCUT2D eigenvalue weighted by Crippen LogP contribution is -2.08. The number of nitrogens with zero attached hydrogens (tertiary/aromatic N) is 1. The van der Waals surface area contributed by atoms with Crippen LogP contribution in [0.4, 0.5) is 23.2 Å². The zero-order valence-electron chi connectivity index (χ0n) is 10.2. The molecule has 2 nitrogen and oxygen atoms in total. The van der Waals surface area contributed by atoms with Gasteiger partial charge in [-0.2, -0.15) is 22.5 Å². The summed E-state index contributed by atoms with van der Waals surface area (Å²) in [7, 11) is 0. The number of thiophene rings is 1. The lowest BCUT2D eigenvalue weighted by molar-refractivity contribution is 0.410. The zero-order chi connectivity index (χ0) is 14.2. The summed E-state index contributed by atoms with van der Waals surface area (Å²) in [6, 6.07) is 1.84. The molecule has 2 aromatic rings. The van der Waals surface area contributed by atoms with Gasteiger partial charge in [0.25, 0.3) is 11.9 Å². The molecule has 19 heavy (non-hydrogen) atoms. The molecule has 0 aliphatic carbocycles.